The Kier molecular flexibility index (Phi) is 4.98. The van der Waals surface area contributed by atoms with Crippen LogP contribution in [0.4, 0.5) is 0 Å². The van der Waals surface area contributed by atoms with Crippen LogP contribution in [-0.2, 0) is 19.4 Å². The Morgan fingerprint density at radius 2 is 2.05 bits per heavy atom. The Hall–Kier alpha value is -1.98. The van der Waals surface area contributed by atoms with Crippen LogP contribution in [0.5, 0.6) is 0 Å². The highest BCUT2D eigenvalue weighted by Gasteiger charge is 2.07. The van der Waals surface area contributed by atoms with Crippen LogP contribution in [0.15, 0.2) is 46.3 Å². The van der Waals surface area contributed by atoms with Crippen molar-refractivity contribution in [2.24, 2.45) is 0 Å². The van der Waals surface area contributed by atoms with Crippen molar-refractivity contribution >= 4 is 11.3 Å². The Bertz CT molecular complexity index is 689. The lowest BCUT2D eigenvalue weighted by molar-refractivity contribution is 0.423. The normalized spacial score (nSPS) is 11.0. The fraction of sp³-hybridized carbons (Fsp3) is 0.294. The molecular formula is C17H19N3OS. The fourth-order valence-electron chi connectivity index (χ4n) is 2.19. The summed E-state index contributed by atoms with van der Waals surface area (Å²) in [7, 11) is 0. The van der Waals surface area contributed by atoms with Crippen molar-refractivity contribution in [1.29, 1.82) is 0 Å². The highest BCUT2D eigenvalue weighted by Crippen LogP contribution is 2.18. The summed E-state index contributed by atoms with van der Waals surface area (Å²) < 4.78 is 5.25. The summed E-state index contributed by atoms with van der Waals surface area (Å²) in [5.74, 6) is 1.34. The van der Waals surface area contributed by atoms with Gasteiger partial charge in [0.2, 0.25) is 0 Å². The van der Waals surface area contributed by atoms with Crippen LogP contribution in [-0.4, -0.2) is 16.7 Å². The van der Waals surface area contributed by atoms with E-state index >= 15 is 0 Å². The van der Waals surface area contributed by atoms with Gasteiger partial charge in [0, 0.05) is 23.4 Å². The molecule has 0 aliphatic heterocycles. The van der Waals surface area contributed by atoms with E-state index < -0.39 is 0 Å². The average Bonchev–Trinajstić information content (AvgIpc) is 3.23. The maximum atomic E-state index is 5.25. The zero-order valence-corrected chi connectivity index (χ0v) is 13.4. The third-order valence-electron chi connectivity index (χ3n) is 3.45. The zero-order valence-electron chi connectivity index (χ0n) is 12.6. The summed E-state index contributed by atoms with van der Waals surface area (Å²) in [4.78, 5) is 5.72. The topological polar surface area (TPSA) is 51.0 Å². The number of nitrogens with one attached hydrogen (secondary N) is 1. The van der Waals surface area contributed by atoms with E-state index in [4.69, 9.17) is 4.52 Å². The minimum absolute atomic E-state index is 0.597. The lowest BCUT2D eigenvalue weighted by Crippen LogP contribution is -2.15. The number of hydrogen-bond donors (Lipinski definition) is 1. The molecule has 0 saturated heterocycles. The molecule has 1 N–H and O–H groups in total. The minimum Gasteiger partial charge on any atom is -0.334 e. The van der Waals surface area contributed by atoms with E-state index in [1.54, 1.807) is 11.3 Å². The second kappa shape index (κ2) is 7.33. The van der Waals surface area contributed by atoms with E-state index in [1.165, 1.54) is 10.4 Å². The number of aryl methyl sites for hydroxylation is 1. The zero-order chi connectivity index (χ0) is 15.2. The molecule has 1 aromatic carbocycles. The Morgan fingerprint density at radius 3 is 2.73 bits per heavy atom. The molecule has 3 aromatic rings. The molecule has 0 amide bonds. The molecule has 0 atom stereocenters. The van der Waals surface area contributed by atoms with E-state index in [0.717, 1.165) is 37.3 Å². The third kappa shape index (κ3) is 3.81. The molecule has 0 aliphatic rings. The van der Waals surface area contributed by atoms with E-state index in [9.17, 15) is 0 Å². The lowest BCUT2D eigenvalue weighted by atomic mass is 10.1. The summed E-state index contributed by atoms with van der Waals surface area (Å²) in [6.07, 6.45) is 1.80. The quantitative estimate of drug-likeness (QED) is 0.676. The molecule has 114 valence electrons. The van der Waals surface area contributed by atoms with Gasteiger partial charge in [-0.15, -0.1) is 11.3 Å². The molecular weight excluding hydrogens is 294 g/mol. The van der Waals surface area contributed by atoms with Crippen molar-refractivity contribution in [3.63, 3.8) is 0 Å². The standard InChI is InChI=1S/C17H19N3OS/c1-2-16-19-17(21-20-16)14-7-5-13(6-8-14)9-10-18-12-15-4-3-11-22-15/h3-8,11,18H,2,9-10,12H2,1H3. The first-order chi connectivity index (χ1) is 10.8. The van der Waals surface area contributed by atoms with Crippen LogP contribution < -0.4 is 5.32 Å². The first kappa shape index (κ1) is 14.9. The Labute approximate surface area is 134 Å². The second-order valence-corrected chi connectivity index (χ2v) is 6.10. The molecule has 0 bridgehead atoms. The van der Waals surface area contributed by atoms with Crippen LogP contribution in [0.1, 0.15) is 23.2 Å². The van der Waals surface area contributed by atoms with Gasteiger partial charge in [-0.3, -0.25) is 0 Å². The fourth-order valence-corrected chi connectivity index (χ4v) is 2.86. The lowest BCUT2D eigenvalue weighted by Gasteiger charge is -2.04. The third-order valence-corrected chi connectivity index (χ3v) is 4.33. The number of thiophene rings is 1. The Morgan fingerprint density at radius 1 is 1.18 bits per heavy atom. The van der Waals surface area contributed by atoms with Gasteiger partial charge in [0.1, 0.15) is 0 Å². The number of benzene rings is 1. The molecule has 22 heavy (non-hydrogen) atoms. The molecule has 0 fully saturated rings. The van der Waals surface area contributed by atoms with Crippen molar-refractivity contribution in [2.45, 2.75) is 26.3 Å². The van der Waals surface area contributed by atoms with Crippen LogP contribution >= 0.6 is 11.3 Å². The van der Waals surface area contributed by atoms with Crippen LogP contribution in [0.2, 0.25) is 0 Å². The predicted molar refractivity (Wildman–Crippen MR) is 88.8 cm³/mol. The second-order valence-electron chi connectivity index (χ2n) is 5.07. The molecule has 5 heteroatoms. The molecule has 0 aliphatic carbocycles. The minimum atomic E-state index is 0.597. The molecule has 0 radical (unpaired) electrons. The molecule has 0 spiro atoms. The van der Waals surface area contributed by atoms with Gasteiger partial charge in [0.05, 0.1) is 0 Å². The molecule has 0 saturated carbocycles. The van der Waals surface area contributed by atoms with Crippen molar-refractivity contribution in [3.8, 4) is 11.5 Å². The van der Waals surface area contributed by atoms with Gasteiger partial charge in [-0.2, -0.15) is 4.98 Å². The SMILES string of the molecule is CCc1noc(-c2ccc(CCNCc3cccs3)cc2)n1. The first-order valence-electron chi connectivity index (χ1n) is 7.50. The summed E-state index contributed by atoms with van der Waals surface area (Å²) in [5, 5.41) is 9.49. The Balaban J connectivity index is 1.50. The van der Waals surface area contributed by atoms with Gasteiger partial charge in [0.15, 0.2) is 5.82 Å². The summed E-state index contributed by atoms with van der Waals surface area (Å²) in [6, 6.07) is 12.6. The van der Waals surface area contributed by atoms with Crippen LogP contribution in [0, 0.1) is 0 Å². The first-order valence-corrected chi connectivity index (χ1v) is 8.38. The van der Waals surface area contributed by atoms with Crippen LogP contribution in [0.25, 0.3) is 11.5 Å². The van der Waals surface area contributed by atoms with Crippen molar-refractivity contribution in [3.05, 3.63) is 58.0 Å². The van der Waals surface area contributed by atoms with Crippen molar-refractivity contribution in [2.75, 3.05) is 6.54 Å². The highest BCUT2D eigenvalue weighted by atomic mass is 32.1. The van der Waals surface area contributed by atoms with Gasteiger partial charge in [-0.1, -0.05) is 30.3 Å². The maximum absolute atomic E-state index is 5.25. The number of rotatable bonds is 7. The average molecular weight is 313 g/mol. The monoisotopic (exact) mass is 313 g/mol. The van der Waals surface area contributed by atoms with Crippen molar-refractivity contribution in [1.82, 2.24) is 15.5 Å². The van der Waals surface area contributed by atoms with E-state index in [0.29, 0.717) is 5.89 Å². The smallest absolute Gasteiger partial charge is 0.257 e. The van der Waals surface area contributed by atoms with Gasteiger partial charge in [-0.25, -0.2) is 0 Å². The van der Waals surface area contributed by atoms with Gasteiger partial charge >= 0.3 is 0 Å². The molecule has 0 unspecified atom stereocenters. The number of hydrogen-bond acceptors (Lipinski definition) is 5. The summed E-state index contributed by atoms with van der Waals surface area (Å²) in [5.41, 5.74) is 2.28. The van der Waals surface area contributed by atoms with Gasteiger partial charge < -0.3 is 9.84 Å². The summed E-state index contributed by atoms with van der Waals surface area (Å²) >= 11 is 1.79. The van der Waals surface area contributed by atoms with Crippen molar-refractivity contribution < 1.29 is 4.52 Å². The number of aromatic nitrogens is 2. The molecule has 3 rings (SSSR count). The molecule has 2 heterocycles. The summed E-state index contributed by atoms with van der Waals surface area (Å²) in [6.45, 7) is 3.93. The van der Waals surface area contributed by atoms with Crippen LogP contribution in [0.3, 0.4) is 0 Å². The molecule has 4 nitrogen and oxygen atoms in total. The van der Waals surface area contributed by atoms with Gasteiger partial charge in [-0.05, 0) is 42.1 Å². The number of nitrogens with zero attached hydrogens (tertiary/aromatic N) is 2. The highest BCUT2D eigenvalue weighted by molar-refractivity contribution is 7.09. The van der Waals surface area contributed by atoms with Gasteiger partial charge in [0.25, 0.3) is 5.89 Å². The largest absolute Gasteiger partial charge is 0.334 e. The van der Waals surface area contributed by atoms with E-state index in [1.807, 2.05) is 19.1 Å². The van der Waals surface area contributed by atoms with E-state index in [2.05, 4.69) is 45.1 Å². The predicted octanol–water partition coefficient (Wildman–Crippen LogP) is 3.69. The van der Waals surface area contributed by atoms with E-state index in [-0.39, 0.29) is 0 Å². The maximum Gasteiger partial charge on any atom is 0.257 e. The molecule has 2 aromatic heterocycles.